The molecule has 0 aliphatic carbocycles. The molecule has 106 valence electrons. The van der Waals surface area contributed by atoms with E-state index < -0.39 is 0 Å². The minimum absolute atomic E-state index is 0.0196. The molecule has 3 heterocycles. The van der Waals surface area contributed by atoms with Gasteiger partial charge in [0.05, 0.1) is 5.69 Å². The van der Waals surface area contributed by atoms with Crippen molar-refractivity contribution >= 4 is 17.4 Å². The summed E-state index contributed by atoms with van der Waals surface area (Å²) in [5.74, 6) is 1.26. The van der Waals surface area contributed by atoms with Crippen molar-refractivity contribution in [3.63, 3.8) is 0 Å². The van der Waals surface area contributed by atoms with E-state index in [1.165, 1.54) is 18.6 Å². The van der Waals surface area contributed by atoms with Crippen LogP contribution in [0.3, 0.4) is 0 Å². The average molecular weight is 289 g/mol. The molecule has 2 aromatic rings. The van der Waals surface area contributed by atoms with E-state index in [1.54, 1.807) is 16.7 Å². The van der Waals surface area contributed by atoms with E-state index in [4.69, 9.17) is 0 Å². The Balaban J connectivity index is 1.70. The lowest BCUT2D eigenvalue weighted by Crippen LogP contribution is -2.33. The van der Waals surface area contributed by atoms with Gasteiger partial charge in [-0.2, -0.15) is 11.8 Å². The van der Waals surface area contributed by atoms with E-state index in [2.05, 4.69) is 17.2 Å². The molecule has 1 fully saturated rings. The number of nitrogens with one attached hydrogen (secondary N) is 1. The molecule has 0 aromatic carbocycles. The zero-order valence-electron chi connectivity index (χ0n) is 11.6. The summed E-state index contributed by atoms with van der Waals surface area (Å²) in [5.41, 5.74) is 1.50. The van der Waals surface area contributed by atoms with Crippen molar-refractivity contribution in [2.24, 2.45) is 0 Å². The summed E-state index contributed by atoms with van der Waals surface area (Å²) in [6, 6.07) is 7.21. The minimum Gasteiger partial charge on any atom is -0.310 e. The maximum Gasteiger partial charge on any atom is 0.258 e. The highest BCUT2D eigenvalue weighted by atomic mass is 32.2. The number of rotatable bonds is 4. The van der Waals surface area contributed by atoms with Crippen LogP contribution in [-0.2, 0) is 6.54 Å². The van der Waals surface area contributed by atoms with Gasteiger partial charge in [-0.1, -0.05) is 6.07 Å². The molecule has 0 spiro atoms. The second kappa shape index (κ2) is 5.58. The second-order valence-electron chi connectivity index (χ2n) is 5.52. The lowest BCUT2D eigenvalue weighted by molar-refractivity contribution is 0.534. The molecule has 1 atom stereocenters. The van der Waals surface area contributed by atoms with Crippen LogP contribution in [-0.4, -0.2) is 26.4 Å². The summed E-state index contributed by atoms with van der Waals surface area (Å²) < 4.78 is 1.91. The summed E-state index contributed by atoms with van der Waals surface area (Å²) in [5, 5.41) is 3.44. The Morgan fingerprint density at radius 3 is 3.20 bits per heavy atom. The summed E-state index contributed by atoms with van der Waals surface area (Å²) in [6.07, 6.45) is 4.31. The molecular formula is C15H19N3OS. The molecule has 1 N–H and O–H groups in total. The number of thioether (sulfide) groups is 1. The Labute approximate surface area is 122 Å². The largest absolute Gasteiger partial charge is 0.310 e. The predicted molar refractivity (Wildman–Crippen MR) is 83.3 cm³/mol. The fourth-order valence-corrected chi connectivity index (χ4v) is 3.90. The maximum absolute atomic E-state index is 12.0. The molecule has 3 rings (SSSR count). The summed E-state index contributed by atoms with van der Waals surface area (Å²) >= 11 is 2.04. The van der Waals surface area contributed by atoms with Crippen molar-refractivity contribution in [2.45, 2.75) is 31.1 Å². The Bertz CT molecular complexity index is 661. The van der Waals surface area contributed by atoms with Crippen LogP contribution in [0.1, 0.15) is 25.5 Å². The molecule has 1 aliphatic rings. The first kappa shape index (κ1) is 13.6. The van der Waals surface area contributed by atoms with Gasteiger partial charge in [0, 0.05) is 30.1 Å². The van der Waals surface area contributed by atoms with Crippen LogP contribution in [0.2, 0.25) is 0 Å². The molecule has 1 saturated heterocycles. The monoisotopic (exact) mass is 289 g/mol. The molecule has 1 aliphatic heterocycles. The molecule has 0 amide bonds. The molecule has 0 radical (unpaired) electrons. The molecule has 0 bridgehead atoms. The van der Waals surface area contributed by atoms with Gasteiger partial charge in [0.25, 0.3) is 5.56 Å². The third kappa shape index (κ3) is 2.88. The van der Waals surface area contributed by atoms with Crippen LogP contribution in [0.15, 0.2) is 35.3 Å². The zero-order valence-corrected chi connectivity index (χ0v) is 12.4. The highest BCUT2D eigenvalue weighted by Crippen LogP contribution is 2.36. The fraction of sp³-hybridized carbons (Fsp3) is 0.467. The molecule has 5 heteroatoms. The van der Waals surface area contributed by atoms with Gasteiger partial charge in [-0.3, -0.25) is 9.20 Å². The molecule has 20 heavy (non-hydrogen) atoms. The van der Waals surface area contributed by atoms with E-state index >= 15 is 0 Å². The van der Waals surface area contributed by atoms with Crippen molar-refractivity contribution in [1.82, 2.24) is 14.7 Å². The van der Waals surface area contributed by atoms with Crippen LogP contribution in [0.4, 0.5) is 0 Å². The Kier molecular flexibility index (Phi) is 3.81. The molecule has 4 nitrogen and oxygen atoms in total. The smallest absolute Gasteiger partial charge is 0.258 e. The first-order valence-electron chi connectivity index (χ1n) is 6.98. The Morgan fingerprint density at radius 2 is 2.40 bits per heavy atom. The standard InChI is InChI=1S/C15H19N3OS/c1-15(6-4-8-20-15)11-16-10-12-9-14(19)18-7-3-2-5-13(18)17-12/h2-3,5,7,9,16H,4,6,8,10-11H2,1H3. The fourth-order valence-electron chi connectivity index (χ4n) is 2.62. The van der Waals surface area contributed by atoms with Crippen LogP contribution in [0.5, 0.6) is 0 Å². The normalized spacial score (nSPS) is 22.4. The topological polar surface area (TPSA) is 46.4 Å². The van der Waals surface area contributed by atoms with Crippen molar-refractivity contribution in [3.05, 3.63) is 46.5 Å². The lowest BCUT2D eigenvalue weighted by Gasteiger charge is -2.22. The summed E-state index contributed by atoms with van der Waals surface area (Å²) in [6.45, 7) is 3.92. The number of aromatic nitrogens is 2. The summed E-state index contributed by atoms with van der Waals surface area (Å²) in [7, 11) is 0. The Hall–Kier alpha value is -1.33. The number of pyridine rings is 1. The number of fused-ring (bicyclic) bond motifs is 1. The van der Waals surface area contributed by atoms with Gasteiger partial charge >= 0.3 is 0 Å². The average Bonchev–Trinajstić information content (AvgIpc) is 2.86. The number of hydrogen-bond donors (Lipinski definition) is 1. The molecule has 0 saturated carbocycles. The van der Waals surface area contributed by atoms with Crippen molar-refractivity contribution < 1.29 is 0 Å². The third-order valence-electron chi connectivity index (χ3n) is 3.73. The van der Waals surface area contributed by atoms with Crippen LogP contribution < -0.4 is 10.9 Å². The number of hydrogen-bond acceptors (Lipinski definition) is 4. The van der Waals surface area contributed by atoms with Gasteiger partial charge in [-0.15, -0.1) is 0 Å². The predicted octanol–water partition coefficient (Wildman–Crippen LogP) is 2.07. The molecular weight excluding hydrogens is 270 g/mol. The molecule has 2 aromatic heterocycles. The van der Waals surface area contributed by atoms with Gasteiger partial charge in [-0.05, 0) is 37.7 Å². The van der Waals surface area contributed by atoms with Gasteiger partial charge in [0.1, 0.15) is 5.65 Å². The minimum atomic E-state index is -0.0196. The number of nitrogens with zero attached hydrogens (tertiary/aromatic N) is 2. The van der Waals surface area contributed by atoms with Crippen molar-refractivity contribution in [1.29, 1.82) is 0 Å². The first-order chi connectivity index (χ1) is 9.66. The summed E-state index contributed by atoms with van der Waals surface area (Å²) in [4.78, 5) is 16.5. The van der Waals surface area contributed by atoms with Gasteiger partial charge in [0.2, 0.25) is 0 Å². The highest BCUT2D eigenvalue weighted by Gasteiger charge is 2.28. The maximum atomic E-state index is 12.0. The van der Waals surface area contributed by atoms with E-state index in [0.717, 1.165) is 12.2 Å². The van der Waals surface area contributed by atoms with Crippen LogP contribution >= 0.6 is 11.8 Å². The van der Waals surface area contributed by atoms with Crippen LogP contribution in [0.25, 0.3) is 5.65 Å². The van der Waals surface area contributed by atoms with E-state index in [1.807, 2.05) is 30.0 Å². The second-order valence-corrected chi connectivity index (χ2v) is 7.20. The van der Waals surface area contributed by atoms with E-state index in [9.17, 15) is 4.79 Å². The molecule has 1 unspecified atom stereocenters. The SMILES string of the molecule is CC1(CNCc2cc(=O)n3ccccc3n2)CCCS1. The van der Waals surface area contributed by atoms with Crippen LogP contribution in [0, 0.1) is 0 Å². The van der Waals surface area contributed by atoms with E-state index in [-0.39, 0.29) is 5.56 Å². The Morgan fingerprint density at radius 1 is 1.50 bits per heavy atom. The quantitative estimate of drug-likeness (QED) is 0.936. The lowest BCUT2D eigenvalue weighted by atomic mass is 10.1. The van der Waals surface area contributed by atoms with Crippen molar-refractivity contribution in [3.8, 4) is 0 Å². The zero-order chi connectivity index (χ0) is 14.0. The van der Waals surface area contributed by atoms with Gasteiger partial charge in [0.15, 0.2) is 0 Å². The van der Waals surface area contributed by atoms with Gasteiger partial charge in [-0.25, -0.2) is 4.98 Å². The van der Waals surface area contributed by atoms with Gasteiger partial charge < -0.3 is 5.32 Å². The third-order valence-corrected chi connectivity index (χ3v) is 5.27. The first-order valence-corrected chi connectivity index (χ1v) is 7.97. The van der Waals surface area contributed by atoms with Crippen molar-refractivity contribution in [2.75, 3.05) is 12.3 Å². The van der Waals surface area contributed by atoms with E-state index in [0.29, 0.717) is 16.9 Å². The highest BCUT2D eigenvalue weighted by molar-refractivity contribution is 8.00.